The predicted octanol–water partition coefficient (Wildman–Crippen LogP) is 5.62. The molecule has 0 radical (unpaired) electrons. The average molecular weight is 435 g/mol. The zero-order valence-electron chi connectivity index (χ0n) is 16.7. The van der Waals surface area contributed by atoms with Crippen molar-refractivity contribution in [2.24, 2.45) is 0 Å². The van der Waals surface area contributed by atoms with Crippen LogP contribution in [0.4, 0.5) is 0 Å². The van der Waals surface area contributed by atoms with E-state index in [2.05, 4.69) is 0 Å². The lowest BCUT2D eigenvalue weighted by atomic mass is 10.0. The summed E-state index contributed by atoms with van der Waals surface area (Å²) in [4.78, 5) is 24.4. The van der Waals surface area contributed by atoms with Crippen molar-refractivity contribution in [1.82, 2.24) is 0 Å². The summed E-state index contributed by atoms with van der Waals surface area (Å²) in [5.74, 6) is -0.137. The number of rotatable bonds is 6. The van der Waals surface area contributed by atoms with Gasteiger partial charge in [-0.25, -0.2) is 9.59 Å². The molecule has 0 N–H and O–H groups in total. The van der Waals surface area contributed by atoms with E-state index in [0.717, 1.165) is 16.5 Å². The molecule has 0 aliphatic heterocycles. The Kier molecular flexibility index (Phi) is 6.05. The summed E-state index contributed by atoms with van der Waals surface area (Å²) < 4.78 is 16.4. The van der Waals surface area contributed by atoms with Crippen molar-refractivity contribution in [2.75, 3.05) is 0 Å². The van der Waals surface area contributed by atoms with Gasteiger partial charge in [0.15, 0.2) is 6.10 Å². The van der Waals surface area contributed by atoms with Gasteiger partial charge < -0.3 is 13.9 Å². The fourth-order valence-electron chi connectivity index (χ4n) is 3.21. The van der Waals surface area contributed by atoms with Crippen LogP contribution in [-0.2, 0) is 16.1 Å². The molecule has 0 saturated carbocycles. The van der Waals surface area contributed by atoms with Crippen molar-refractivity contribution in [3.63, 3.8) is 0 Å². The first-order valence-electron chi connectivity index (χ1n) is 9.71. The van der Waals surface area contributed by atoms with Crippen molar-refractivity contribution in [1.29, 1.82) is 0 Å². The third-order valence-corrected chi connectivity index (χ3v) is 5.14. The van der Waals surface area contributed by atoms with E-state index in [-0.39, 0.29) is 6.61 Å². The molecule has 0 saturated heterocycles. The summed E-state index contributed by atoms with van der Waals surface area (Å²) in [5, 5.41) is 1.30. The minimum atomic E-state index is -0.857. The van der Waals surface area contributed by atoms with Gasteiger partial charge in [0.25, 0.3) is 0 Å². The highest BCUT2D eigenvalue weighted by molar-refractivity contribution is 6.31. The third-order valence-electron chi connectivity index (χ3n) is 4.77. The number of carbonyl (C=O) groups excluding carboxylic acids is 1. The SMILES string of the molecule is C[C@@H](Oc1ccc2c(-c3ccccc3)cc(=O)oc2c1)C(=O)OCc1ccccc1Cl. The number of benzene rings is 3. The van der Waals surface area contributed by atoms with Gasteiger partial charge in [0.1, 0.15) is 17.9 Å². The Morgan fingerprint density at radius 2 is 1.74 bits per heavy atom. The van der Waals surface area contributed by atoms with Crippen LogP contribution in [0.15, 0.2) is 88.1 Å². The van der Waals surface area contributed by atoms with Gasteiger partial charge in [0.2, 0.25) is 0 Å². The summed E-state index contributed by atoms with van der Waals surface area (Å²) in [5.41, 5.74) is 2.30. The third kappa shape index (κ3) is 4.78. The molecule has 5 nitrogen and oxygen atoms in total. The maximum Gasteiger partial charge on any atom is 0.347 e. The number of carbonyl (C=O) groups is 1. The van der Waals surface area contributed by atoms with Crippen LogP contribution in [0.25, 0.3) is 22.1 Å². The quantitative estimate of drug-likeness (QED) is 0.291. The van der Waals surface area contributed by atoms with Gasteiger partial charge >= 0.3 is 11.6 Å². The Morgan fingerprint density at radius 1 is 1.00 bits per heavy atom. The number of halogens is 1. The highest BCUT2D eigenvalue weighted by Gasteiger charge is 2.18. The van der Waals surface area contributed by atoms with Crippen LogP contribution in [0.5, 0.6) is 5.75 Å². The second kappa shape index (κ2) is 9.06. The molecule has 4 rings (SSSR count). The topological polar surface area (TPSA) is 65.7 Å². The van der Waals surface area contributed by atoms with E-state index < -0.39 is 17.7 Å². The van der Waals surface area contributed by atoms with E-state index >= 15 is 0 Å². The Bertz CT molecular complexity index is 1280. The molecule has 31 heavy (non-hydrogen) atoms. The first-order valence-corrected chi connectivity index (χ1v) is 10.1. The van der Waals surface area contributed by atoms with E-state index in [1.807, 2.05) is 36.4 Å². The normalized spacial score (nSPS) is 11.8. The Morgan fingerprint density at radius 3 is 2.52 bits per heavy atom. The molecule has 0 aliphatic rings. The molecule has 1 atom stereocenters. The summed E-state index contributed by atoms with van der Waals surface area (Å²) in [6, 6.07) is 23.3. The number of hydrogen-bond acceptors (Lipinski definition) is 5. The van der Waals surface area contributed by atoms with Gasteiger partial charge in [-0.05, 0) is 36.2 Å². The lowest BCUT2D eigenvalue weighted by molar-refractivity contribution is -0.152. The van der Waals surface area contributed by atoms with E-state index in [0.29, 0.717) is 21.9 Å². The molecule has 0 fully saturated rings. The summed E-state index contributed by atoms with van der Waals surface area (Å²) in [7, 11) is 0. The minimum Gasteiger partial charge on any atom is -0.479 e. The van der Waals surface area contributed by atoms with Crippen LogP contribution in [0.3, 0.4) is 0 Å². The minimum absolute atomic E-state index is 0.0548. The Hall–Kier alpha value is -3.57. The summed E-state index contributed by atoms with van der Waals surface area (Å²) in [6.07, 6.45) is -0.857. The second-order valence-corrected chi connectivity index (χ2v) is 7.37. The van der Waals surface area contributed by atoms with Crippen molar-refractivity contribution < 1.29 is 18.7 Å². The zero-order valence-corrected chi connectivity index (χ0v) is 17.5. The van der Waals surface area contributed by atoms with Crippen LogP contribution in [-0.4, -0.2) is 12.1 Å². The van der Waals surface area contributed by atoms with Crippen LogP contribution in [0, 0.1) is 0 Å². The first-order chi connectivity index (χ1) is 15.0. The van der Waals surface area contributed by atoms with E-state index in [4.69, 9.17) is 25.5 Å². The van der Waals surface area contributed by atoms with Gasteiger partial charge in [0.05, 0.1) is 0 Å². The molecule has 0 aliphatic carbocycles. The molecule has 0 unspecified atom stereocenters. The van der Waals surface area contributed by atoms with Gasteiger partial charge in [-0.15, -0.1) is 0 Å². The number of hydrogen-bond donors (Lipinski definition) is 0. The van der Waals surface area contributed by atoms with Gasteiger partial charge in [0, 0.05) is 28.1 Å². The van der Waals surface area contributed by atoms with Crippen LogP contribution in [0.2, 0.25) is 5.02 Å². The van der Waals surface area contributed by atoms with Gasteiger partial charge in [-0.1, -0.05) is 60.1 Å². The molecule has 0 amide bonds. The molecular weight excluding hydrogens is 416 g/mol. The van der Waals surface area contributed by atoms with Gasteiger partial charge in [-0.3, -0.25) is 0 Å². The number of ether oxygens (including phenoxy) is 2. The van der Waals surface area contributed by atoms with E-state index in [9.17, 15) is 9.59 Å². The Balaban J connectivity index is 1.51. The average Bonchev–Trinajstić information content (AvgIpc) is 2.78. The van der Waals surface area contributed by atoms with E-state index in [1.54, 1.807) is 43.3 Å². The van der Waals surface area contributed by atoms with Crippen molar-refractivity contribution in [3.05, 3.63) is 99.9 Å². The highest BCUT2D eigenvalue weighted by atomic mass is 35.5. The molecule has 1 heterocycles. The van der Waals surface area contributed by atoms with Crippen molar-refractivity contribution >= 4 is 28.5 Å². The lowest BCUT2D eigenvalue weighted by Crippen LogP contribution is -2.26. The van der Waals surface area contributed by atoms with Crippen LogP contribution >= 0.6 is 11.6 Å². The molecule has 1 aromatic heterocycles. The molecule has 6 heteroatoms. The van der Waals surface area contributed by atoms with E-state index in [1.165, 1.54) is 6.07 Å². The maximum absolute atomic E-state index is 12.3. The molecular formula is C25H19ClO5. The monoisotopic (exact) mass is 434 g/mol. The second-order valence-electron chi connectivity index (χ2n) is 6.96. The molecule has 3 aromatic carbocycles. The summed E-state index contributed by atoms with van der Waals surface area (Å²) >= 11 is 6.08. The molecule has 4 aromatic rings. The van der Waals surface area contributed by atoms with Crippen molar-refractivity contribution in [2.45, 2.75) is 19.6 Å². The predicted molar refractivity (Wildman–Crippen MR) is 119 cm³/mol. The molecule has 156 valence electrons. The lowest BCUT2D eigenvalue weighted by Gasteiger charge is -2.15. The summed E-state index contributed by atoms with van der Waals surface area (Å²) in [6.45, 7) is 1.65. The van der Waals surface area contributed by atoms with Crippen molar-refractivity contribution in [3.8, 4) is 16.9 Å². The Labute approximate surface area is 183 Å². The van der Waals surface area contributed by atoms with Gasteiger partial charge in [-0.2, -0.15) is 0 Å². The fourth-order valence-corrected chi connectivity index (χ4v) is 3.40. The largest absolute Gasteiger partial charge is 0.479 e. The standard InChI is InChI=1S/C25H19ClO5/c1-16(25(28)29-15-18-9-5-6-10-22(18)26)30-19-11-12-20-21(17-7-3-2-4-8-17)14-24(27)31-23(20)13-19/h2-14,16H,15H2,1H3/t16-/m1/s1. The zero-order chi connectivity index (χ0) is 21.8. The maximum atomic E-state index is 12.3. The highest BCUT2D eigenvalue weighted by Crippen LogP contribution is 2.30. The molecule has 0 spiro atoms. The van der Waals surface area contributed by atoms with Crippen LogP contribution in [0.1, 0.15) is 12.5 Å². The van der Waals surface area contributed by atoms with Crippen LogP contribution < -0.4 is 10.4 Å². The number of esters is 1. The number of fused-ring (bicyclic) bond motifs is 1. The smallest absolute Gasteiger partial charge is 0.347 e. The fraction of sp³-hybridized carbons (Fsp3) is 0.120. The first kappa shape index (κ1) is 20.7. The molecule has 0 bridgehead atoms.